The molecule has 0 aromatic carbocycles. The second-order valence-electron chi connectivity index (χ2n) is 14.6. The molecule has 0 heterocycles. The van der Waals surface area contributed by atoms with Crippen molar-refractivity contribution in [3.63, 3.8) is 0 Å². The minimum Gasteiger partial charge on any atom is -0.461 e. The number of hydrogen-bond donors (Lipinski definition) is 0. The number of ether oxygens (including phenoxy) is 2. The Labute approximate surface area is 288 Å². The predicted molar refractivity (Wildman–Crippen MR) is 203 cm³/mol. The van der Waals surface area contributed by atoms with Gasteiger partial charge >= 0.3 is 5.97 Å². The van der Waals surface area contributed by atoms with Gasteiger partial charge < -0.3 is 14.4 Å². The normalized spacial score (nSPS) is 14.1. The highest BCUT2D eigenvalue weighted by molar-refractivity contribution is 5.72. The number of hydrogen-bond acceptors (Lipinski definition) is 4. The number of rotatable bonds is 35. The summed E-state index contributed by atoms with van der Waals surface area (Å²) >= 11 is 0. The van der Waals surface area contributed by atoms with E-state index in [0.29, 0.717) is 12.5 Å². The molecule has 0 aliphatic rings. The highest BCUT2D eigenvalue weighted by Gasteiger charge is 2.14. The SMILES string of the molecule is CCCCCC/C=C\COCC(C)CCCCCCC(CCCCCCC(C)C(=O)OC/C=C\CCCCCC)CCCN(C)C. The summed E-state index contributed by atoms with van der Waals surface area (Å²) in [5.74, 6) is 1.52. The lowest BCUT2D eigenvalue weighted by atomic mass is 9.90. The van der Waals surface area contributed by atoms with Crippen molar-refractivity contribution in [1.29, 1.82) is 0 Å². The molecule has 0 bridgehead atoms. The number of esters is 1. The molecule has 0 N–H and O–H groups in total. The van der Waals surface area contributed by atoms with Gasteiger partial charge in [-0.15, -0.1) is 0 Å². The molecular formula is C42H81NO3. The van der Waals surface area contributed by atoms with E-state index >= 15 is 0 Å². The first-order chi connectivity index (χ1) is 22.4. The summed E-state index contributed by atoms with van der Waals surface area (Å²) in [6.07, 6.45) is 39.6. The van der Waals surface area contributed by atoms with Gasteiger partial charge in [-0.05, 0) is 83.8 Å². The van der Waals surface area contributed by atoms with Crippen molar-refractivity contribution in [1.82, 2.24) is 4.90 Å². The molecule has 0 spiro atoms. The Morgan fingerprint density at radius 3 is 1.65 bits per heavy atom. The summed E-state index contributed by atoms with van der Waals surface area (Å²) < 4.78 is 11.4. The van der Waals surface area contributed by atoms with Gasteiger partial charge in [0.05, 0.1) is 12.5 Å². The molecule has 0 aliphatic carbocycles. The molecule has 0 saturated heterocycles. The molecule has 0 radical (unpaired) electrons. The predicted octanol–water partition coefficient (Wildman–Crippen LogP) is 12.5. The zero-order valence-corrected chi connectivity index (χ0v) is 32.0. The zero-order valence-electron chi connectivity index (χ0n) is 32.0. The maximum absolute atomic E-state index is 12.3. The van der Waals surface area contributed by atoms with Crippen LogP contribution in [0.2, 0.25) is 0 Å². The molecule has 0 fully saturated rings. The van der Waals surface area contributed by atoms with Crippen LogP contribution in [0.1, 0.15) is 182 Å². The van der Waals surface area contributed by atoms with Crippen molar-refractivity contribution in [2.45, 2.75) is 182 Å². The standard InChI is InChI=1S/C42H81NO3/c1-7-9-11-13-15-21-27-36-45-38-39(3)30-23-17-19-25-32-41(34-29-35-43(5)6)33-26-20-18-24-31-40(4)42(44)46-37-28-22-16-14-12-10-8-2/h21-22,27-28,39-41H,7-20,23-26,29-38H2,1-6H3/b27-21-,28-22-. The van der Waals surface area contributed by atoms with Crippen molar-refractivity contribution < 1.29 is 14.3 Å². The van der Waals surface area contributed by atoms with Crippen molar-refractivity contribution in [2.75, 3.05) is 40.5 Å². The van der Waals surface area contributed by atoms with E-state index in [4.69, 9.17) is 9.47 Å². The van der Waals surface area contributed by atoms with Gasteiger partial charge in [-0.2, -0.15) is 0 Å². The van der Waals surface area contributed by atoms with E-state index in [1.165, 1.54) is 141 Å². The minimum atomic E-state index is -0.0318. The lowest BCUT2D eigenvalue weighted by molar-refractivity contribution is -0.146. The Kier molecular flexibility index (Phi) is 34.3. The van der Waals surface area contributed by atoms with Crippen LogP contribution in [0.4, 0.5) is 0 Å². The fraction of sp³-hybridized carbons (Fsp3) is 0.881. The first kappa shape index (κ1) is 44.9. The number of allylic oxidation sites excluding steroid dienone is 2. The second kappa shape index (κ2) is 35.2. The van der Waals surface area contributed by atoms with Gasteiger partial charge in [0.2, 0.25) is 0 Å². The maximum atomic E-state index is 12.3. The minimum absolute atomic E-state index is 0.0132. The molecule has 0 aromatic rings. The summed E-state index contributed by atoms with van der Waals surface area (Å²) in [4.78, 5) is 14.6. The summed E-state index contributed by atoms with van der Waals surface area (Å²) in [6, 6.07) is 0. The molecule has 0 aliphatic heterocycles. The summed E-state index contributed by atoms with van der Waals surface area (Å²) in [6.45, 7) is 12.2. The van der Waals surface area contributed by atoms with Crippen molar-refractivity contribution in [2.24, 2.45) is 17.8 Å². The summed E-state index contributed by atoms with van der Waals surface area (Å²) in [5.41, 5.74) is 0. The zero-order chi connectivity index (χ0) is 33.9. The Hall–Kier alpha value is -1.13. The Morgan fingerprint density at radius 2 is 1.09 bits per heavy atom. The third-order valence-corrected chi connectivity index (χ3v) is 9.40. The average molecular weight is 648 g/mol. The van der Waals surface area contributed by atoms with E-state index in [1.54, 1.807) is 0 Å². The smallest absolute Gasteiger partial charge is 0.308 e. The van der Waals surface area contributed by atoms with Crippen LogP contribution in [0.25, 0.3) is 0 Å². The summed E-state index contributed by atoms with van der Waals surface area (Å²) in [7, 11) is 4.38. The topological polar surface area (TPSA) is 38.8 Å². The molecule has 3 atom stereocenters. The lowest BCUT2D eigenvalue weighted by Gasteiger charge is -2.18. The highest BCUT2D eigenvalue weighted by atomic mass is 16.5. The van der Waals surface area contributed by atoms with Crippen LogP contribution >= 0.6 is 0 Å². The monoisotopic (exact) mass is 648 g/mol. The Bertz CT molecular complexity index is 688. The van der Waals surface area contributed by atoms with Gasteiger partial charge in [0.15, 0.2) is 0 Å². The number of unbranched alkanes of at least 4 members (excludes halogenated alkanes) is 14. The van der Waals surface area contributed by atoms with E-state index in [0.717, 1.165) is 38.4 Å². The van der Waals surface area contributed by atoms with Gasteiger partial charge in [-0.3, -0.25) is 4.79 Å². The third kappa shape index (κ3) is 32.8. The molecule has 0 rings (SSSR count). The van der Waals surface area contributed by atoms with Gasteiger partial charge in [-0.1, -0.05) is 155 Å². The highest BCUT2D eigenvalue weighted by Crippen LogP contribution is 2.24. The maximum Gasteiger partial charge on any atom is 0.308 e. The van der Waals surface area contributed by atoms with Gasteiger partial charge in [-0.25, -0.2) is 0 Å². The molecule has 4 nitrogen and oxygen atoms in total. The van der Waals surface area contributed by atoms with Crippen molar-refractivity contribution in [3.05, 3.63) is 24.3 Å². The quantitative estimate of drug-likeness (QED) is 0.0390. The molecule has 3 unspecified atom stereocenters. The average Bonchev–Trinajstić information content (AvgIpc) is 3.03. The van der Waals surface area contributed by atoms with Crippen LogP contribution in [0.15, 0.2) is 24.3 Å². The van der Waals surface area contributed by atoms with Crippen molar-refractivity contribution >= 4 is 5.97 Å². The summed E-state index contributed by atoms with van der Waals surface area (Å²) in [5, 5.41) is 0. The van der Waals surface area contributed by atoms with E-state index in [2.05, 4.69) is 58.0 Å². The molecule has 46 heavy (non-hydrogen) atoms. The first-order valence-electron chi connectivity index (χ1n) is 20.1. The van der Waals surface area contributed by atoms with Crippen LogP contribution in [0, 0.1) is 17.8 Å². The van der Waals surface area contributed by atoms with Crippen LogP contribution < -0.4 is 0 Å². The van der Waals surface area contributed by atoms with Crippen LogP contribution in [0.5, 0.6) is 0 Å². The first-order valence-corrected chi connectivity index (χ1v) is 20.1. The molecule has 0 saturated carbocycles. The van der Waals surface area contributed by atoms with Crippen molar-refractivity contribution in [3.8, 4) is 0 Å². The van der Waals surface area contributed by atoms with E-state index in [9.17, 15) is 4.79 Å². The van der Waals surface area contributed by atoms with E-state index in [-0.39, 0.29) is 11.9 Å². The largest absolute Gasteiger partial charge is 0.461 e. The second-order valence-corrected chi connectivity index (χ2v) is 14.6. The fourth-order valence-corrected chi connectivity index (χ4v) is 6.21. The Morgan fingerprint density at radius 1 is 0.587 bits per heavy atom. The van der Waals surface area contributed by atoms with Gasteiger partial charge in [0, 0.05) is 6.61 Å². The molecule has 0 aromatic heterocycles. The number of nitrogens with zero attached hydrogens (tertiary/aromatic N) is 1. The van der Waals surface area contributed by atoms with Crippen LogP contribution in [0.3, 0.4) is 0 Å². The lowest BCUT2D eigenvalue weighted by Crippen LogP contribution is -2.15. The van der Waals surface area contributed by atoms with Gasteiger partial charge in [0.1, 0.15) is 6.61 Å². The van der Waals surface area contributed by atoms with Gasteiger partial charge in [0.25, 0.3) is 0 Å². The molecule has 0 amide bonds. The molecule has 4 heteroatoms. The fourth-order valence-electron chi connectivity index (χ4n) is 6.21. The molecular weight excluding hydrogens is 566 g/mol. The number of carbonyl (C=O) groups is 1. The van der Waals surface area contributed by atoms with Crippen LogP contribution in [-0.4, -0.2) is 51.3 Å². The Balaban J connectivity index is 3.98. The van der Waals surface area contributed by atoms with E-state index in [1.807, 2.05) is 13.0 Å². The van der Waals surface area contributed by atoms with Crippen LogP contribution in [-0.2, 0) is 14.3 Å². The number of carbonyl (C=O) groups excluding carboxylic acids is 1. The molecule has 272 valence electrons. The third-order valence-electron chi connectivity index (χ3n) is 9.40. The van der Waals surface area contributed by atoms with E-state index < -0.39 is 0 Å².